The summed E-state index contributed by atoms with van der Waals surface area (Å²) in [6, 6.07) is 0. The summed E-state index contributed by atoms with van der Waals surface area (Å²) in [5, 5.41) is 19.7. The number of methoxy groups -OCH3 is 1. The molecule has 10 heteroatoms. The van der Waals surface area contributed by atoms with Crippen LogP contribution < -0.4 is 0 Å². The fourth-order valence-corrected chi connectivity index (χ4v) is 0.870. The lowest BCUT2D eigenvalue weighted by atomic mass is 10.4. The van der Waals surface area contributed by atoms with Crippen LogP contribution in [0.4, 0.5) is 5.82 Å². The molecule has 0 radical (unpaired) electrons. The number of carbonyl (C=O) groups excluding carboxylic acids is 1. The van der Waals surface area contributed by atoms with E-state index in [-0.39, 0.29) is 4.68 Å². The monoisotopic (exact) mass is 216 g/mol. The average molecular weight is 216 g/mol. The van der Waals surface area contributed by atoms with Crippen molar-refractivity contribution >= 4 is 11.8 Å². The van der Waals surface area contributed by atoms with E-state index in [1.807, 2.05) is 0 Å². The Labute approximate surface area is 81.4 Å². The molecular weight excluding hydrogens is 212 g/mol. The molecule has 0 saturated heterocycles. The third-order valence-electron chi connectivity index (χ3n) is 1.46. The van der Waals surface area contributed by atoms with E-state index in [1.54, 1.807) is 0 Å². The maximum Gasteiger partial charge on any atom is 0.403 e. The van der Waals surface area contributed by atoms with Gasteiger partial charge in [-0.05, 0) is 14.6 Å². The summed E-state index contributed by atoms with van der Waals surface area (Å²) in [7, 11) is 0.948. The largest absolute Gasteiger partial charge is 0.464 e. The molecule has 1 heterocycles. The summed E-state index contributed by atoms with van der Waals surface area (Å²) < 4.78 is 4.30. The van der Waals surface area contributed by atoms with Gasteiger partial charge in [0.1, 0.15) is 0 Å². The molecule has 80 valence electrons. The van der Waals surface area contributed by atoms with Crippen molar-refractivity contribution in [3.8, 4) is 0 Å². The van der Waals surface area contributed by atoms with Gasteiger partial charge in [0.05, 0.1) is 7.11 Å². The molecule has 1 rings (SSSR count). The van der Waals surface area contributed by atoms with Gasteiger partial charge in [-0.3, -0.25) is 0 Å². The zero-order valence-electron chi connectivity index (χ0n) is 7.32. The van der Waals surface area contributed by atoms with Crippen molar-refractivity contribution in [1.82, 2.24) is 9.66 Å². The summed E-state index contributed by atoms with van der Waals surface area (Å²) in [6.45, 7) is 0. The molecule has 0 aromatic carbocycles. The second-order valence-corrected chi connectivity index (χ2v) is 2.25. The number of hydrogen-bond acceptors (Lipinski definition) is 7. The highest BCUT2D eigenvalue weighted by atomic mass is 16.7. The SMILES string of the molecule is COC(=O)c1c([N+](=O)[O-])ncn1[N+](=O)[O-]. The maximum atomic E-state index is 11.0. The van der Waals surface area contributed by atoms with Crippen molar-refractivity contribution in [2.75, 3.05) is 7.11 Å². The topological polar surface area (TPSA) is 130 Å². The molecule has 0 N–H and O–H groups in total. The van der Waals surface area contributed by atoms with Crippen LogP contribution in [-0.2, 0) is 4.74 Å². The minimum Gasteiger partial charge on any atom is -0.464 e. The number of ether oxygens (including phenoxy) is 1. The first kappa shape index (κ1) is 10.6. The van der Waals surface area contributed by atoms with Crippen molar-refractivity contribution in [3.63, 3.8) is 0 Å². The van der Waals surface area contributed by atoms with Crippen molar-refractivity contribution in [2.24, 2.45) is 0 Å². The first-order chi connectivity index (χ1) is 6.99. The molecule has 0 unspecified atom stereocenters. The molecule has 0 aliphatic rings. The van der Waals surface area contributed by atoms with E-state index >= 15 is 0 Å². The lowest BCUT2D eigenvalue weighted by Crippen LogP contribution is -2.17. The highest BCUT2D eigenvalue weighted by Crippen LogP contribution is 2.16. The zero-order valence-corrected chi connectivity index (χ0v) is 7.32. The van der Waals surface area contributed by atoms with Gasteiger partial charge >= 0.3 is 11.8 Å². The smallest absolute Gasteiger partial charge is 0.403 e. The fraction of sp³-hybridized carbons (Fsp3) is 0.200. The molecule has 0 aliphatic heterocycles. The van der Waals surface area contributed by atoms with Crippen LogP contribution in [0.1, 0.15) is 10.5 Å². The lowest BCUT2D eigenvalue weighted by Gasteiger charge is -1.96. The molecule has 0 saturated carbocycles. The van der Waals surface area contributed by atoms with Gasteiger partial charge in [-0.2, -0.15) is 0 Å². The number of nitrogens with zero attached hydrogens (tertiary/aromatic N) is 4. The highest BCUT2D eigenvalue weighted by molar-refractivity contribution is 5.91. The Hall–Kier alpha value is -2.52. The number of rotatable bonds is 3. The molecule has 0 spiro atoms. The molecule has 0 aliphatic carbocycles. The number of carbonyl (C=O) groups is 1. The minimum atomic E-state index is -1.20. The van der Waals surface area contributed by atoms with E-state index in [9.17, 15) is 25.0 Å². The molecule has 1 aromatic rings. The number of aromatic nitrogens is 2. The summed E-state index contributed by atoms with van der Waals surface area (Å²) in [5.74, 6) is -2.12. The van der Waals surface area contributed by atoms with Crippen LogP contribution in [-0.4, -0.2) is 32.7 Å². The number of imidazole rings is 1. The summed E-state index contributed by atoms with van der Waals surface area (Å²) in [6.07, 6.45) is 0.560. The molecule has 0 amide bonds. The quantitative estimate of drug-likeness (QED) is 0.382. The van der Waals surface area contributed by atoms with Crippen LogP contribution in [0.15, 0.2) is 6.33 Å². The Balaban J connectivity index is 3.39. The zero-order chi connectivity index (χ0) is 11.6. The maximum absolute atomic E-state index is 11.0. The lowest BCUT2D eigenvalue weighted by molar-refractivity contribution is -0.543. The second-order valence-electron chi connectivity index (χ2n) is 2.25. The van der Waals surface area contributed by atoms with Crippen LogP contribution in [0.2, 0.25) is 0 Å². The van der Waals surface area contributed by atoms with Gasteiger partial charge in [-0.25, -0.2) is 14.9 Å². The molecule has 15 heavy (non-hydrogen) atoms. The van der Waals surface area contributed by atoms with Gasteiger partial charge in [-0.15, -0.1) is 0 Å². The Morgan fingerprint density at radius 3 is 2.53 bits per heavy atom. The summed E-state index contributed by atoms with van der Waals surface area (Å²) in [4.78, 5) is 33.9. The highest BCUT2D eigenvalue weighted by Gasteiger charge is 2.34. The van der Waals surface area contributed by atoms with Gasteiger partial charge in [0.2, 0.25) is 0 Å². The van der Waals surface area contributed by atoms with Crippen molar-refractivity contribution in [1.29, 1.82) is 0 Å². The first-order valence-corrected chi connectivity index (χ1v) is 3.43. The van der Waals surface area contributed by atoms with E-state index in [0.717, 1.165) is 7.11 Å². The van der Waals surface area contributed by atoms with E-state index in [1.165, 1.54) is 0 Å². The van der Waals surface area contributed by atoms with E-state index in [4.69, 9.17) is 0 Å². The van der Waals surface area contributed by atoms with Gasteiger partial charge < -0.3 is 14.9 Å². The van der Waals surface area contributed by atoms with Crippen LogP contribution >= 0.6 is 0 Å². The van der Waals surface area contributed by atoms with Crippen LogP contribution in [0.5, 0.6) is 0 Å². The number of hydrogen-bond donors (Lipinski definition) is 0. The molecular formula is C5H4N4O6. The van der Waals surface area contributed by atoms with Gasteiger partial charge in [0.15, 0.2) is 5.03 Å². The van der Waals surface area contributed by atoms with Gasteiger partial charge in [0.25, 0.3) is 12.0 Å². The van der Waals surface area contributed by atoms with E-state index in [2.05, 4.69) is 9.72 Å². The molecule has 0 bridgehead atoms. The summed E-state index contributed by atoms with van der Waals surface area (Å²) in [5.41, 5.74) is -0.826. The van der Waals surface area contributed by atoms with E-state index < -0.39 is 27.4 Å². The van der Waals surface area contributed by atoms with Crippen LogP contribution in [0, 0.1) is 20.2 Å². The van der Waals surface area contributed by atoms with Crippen molar-refractivity contribution in [3.05, 3.63) is 32.2 Å². The molecule has 1 aromatic heterocycles. The third-order valence-corrected chi connectivity index (χ3v) is 1.46. The minimum absolute atomic E-state index is 0.129. The number of esters is 1. The van der Waals surface area contributed by atoms with E-state index in [0.29, 0.717) is 6.33 Å². The molecule has 0 fully saturated rings. The van der Waals surface area contributed by atoms with Gasteiger partial charge in [0, 0.05) is 0 Å². The van der Waals surface area contributed by atoms with Crippen molar-refractivity contribution in [2.45, 2.75) is 0 Å². The third kappa shape index (κ3) is 1.72. The summed E-state index contributed by atoms with van der Waals surface area (Å²) >= 11 is 0. The predicted octanol–water partition coefficient (Wildman–Crippen LogP) is -0.382. The Kier molecular flexibility index (Phi) is 2.60. The van der Waals surface area contributed by atoms with Crippen molar-refractivity contribution < 1.29 is 19.5 Å². The molecule has 10 nitrogen and oxygen atoms in total. The standard InChI is InChI=1S/C5H4N4O6/c1-15-5(10)3-4(8(11)12)6-2-7(3)9(13)14/h2H,1H3. The number of nitro groups is 2. The second kappa shape index (κ2) is 3.69. The van der Waals surface area contributed by atoms with Crippen LogP contribution in [0.25, 0.3) is 0 Å². The Morgan fingerprint density at radius 2 is 2.13 bits per heavy atom. The van der Waals surface area contributed by atoms with Gasteiger partial charge in [-0.1, -0.05) is 0 Å². The first-order valence-electron chi connectivity index (χ1n) is 3.43. The average Bonchev–Trinajstić information content (AvgIpc) is 2.60. The Bertz CT molecular complexity index is 405. The predicted molar refractivity (Wildman–Crippen MR) is 42.6 cm³/mol. The normalized spacial score (nSPS) is 9.67. The molecule has 0 atom stereocenters. The fourth-order valence-electron chi connectivity index (χ4n) is 0.870. The Morgan fingerprint density at radius 1 is 1.53 bits per heavy atom. The van der Waals surface area contributed by atoms with Crippen LogP contribution in [0.3, 0.4) is 0 Å².